The van der Waals surface area contributed by atoms with Gasteiger partial charge in [0.15, 0.2) is 5.65 Å². The van der Waals surface area contributed by atoms with E-state index in [-0.39, 0.29) is 5.41 Å². The Hall–Kier alpha value is -1.38. The molecule has 2 aromatic rings. The van der Waals surface area contributed by atoms with Crippen LogP contribution < -0.4 is 0 Å². The predicted octanol–water partition coefficient (Wildman–Crippen LogP) is 3.62. The van der Waals surface area contributed by atoms with Gasteiger partial charge in [0, 0.05) is 22.5 Å². The second kappa shape index (κ2) is 3.83. The van der Waals surface area contributed by atoms with Gasteiger partial charge in [0.2, 0.25) is 0 Å². The summed E-state index contributed by atoms with van der Waals surface area (Å²) >= 11 is 0. The van der Waals surface area contributed by atoms with Crippen LogP contribution in [-0.2, 0) is 5.41 Å². The number of hydrogen-bond donors (Lipinski definition) is 0. The molecule has 2 aromatic heterocycles. The van der Waals surface area contributed by atoms with Crippen LogP contribution in [0, 0.1) is 6.92 Å². The third kappa shape index (κ3) is 2.06. The fourth-order valence-corrected chi connectivity index (χ4v) is 1.95. The van der Waals surface area contributed by atoms with Crippen molar-refractivity contribution in [3.8, 4) is 0 Å². The van der Waals surface area contributed by atoms with E-state index in [1.807, 2.05) is 11.6 Å². The summed E-state index contributed by atoms with van der Waals surface area (Å²) in [6.07, 6.45) is 0. The van der Waals surface area contributed by atoms with Gasteiger partial charge in [-0.05, 0) is 32.9 Å². The van der Waals surface area contributed by atoms with Gasteiger partial charge in [-0.2, -0.15) is 5.10 Å². The van der Waals surface area contributed by atoms with E-state index in [9.17, 15) is 0 Å². The summed E-state index contributed by atoms with van der Waals surface area (Å²) in [4.78, 5) is 4.79. The van der Waals surface area contributed by atoms with E-state index in [0.29, 0.717) is 6.04 Å². The standard InChI is InChI=1S/C14H21N3/c1-9(2)17-13-11(10(3)16-17)7-8-12(15-13)14(4,5)6/h7-9H,1-6H3. The van der Waals surface area contributed by atoms with Crippen molar-refractivity contribution < 1.29 is 0 Å². The van der Waals surface area contributed by atoms with Crippen LogP contribution in [0.5, 0.6) is 0 Å². The first kappa shape index (κ1) is 12.1. The molecule has 0 unspecified atom stereocenters. The van der Waals surface area contributed by atoms with Crippen LogP contribution in [0.4, 0.5) is 0 Å². The van der Waals surface area contributed by atoms with E-state index in [4.69, 9.17) is 4.98 Å². The van der Waals surface area contributed by atoms with Crippen molar-refractivity contribution in [2.45, 2.75) is 53.0 Å². The minimum atomic E-state index is 0.0776. The fourth-order valence-electron chi connectivity index (χ4n) is 1.95. The van der Waals surface area contributed by atoms with Gasteiger partial charge in [0.25, 0.3) is 0 Å². The monoisotopic (exact) mass is 231 g/mol. The quantitative estimate of drug-likeness (QED) is 0.750. The number of rotatable bonds is 1. The molecule has 2 rings (SSSR count). The minimum Gasteiger partial charge on any atom is -0.245 e. The molecule has 17 heavy (non-hydrogen) atoms. The van der Waals surface area contributed by atoms with Gasteiger partial charge >= 0.3 is 0 Å². The lowest BCUT2D eigenvalue weighted by Gasteiger charge is -2.18. The zero-order chi connectivity index (χ0) is 12.8. The zero-order valence-corrected chi connectivity index (χ0v) is 11.6. The van der Waals surface area contributed by atoms with Crippen LogP contribution in [0.3, 0.4) is 0 Å². The van der Waals surface area contributed by atoms with Gasteiger partial charge < -0.3 is 0 Å². The first-order valence-corrected chi connectivity index (χ1v) is 6.17. The summed E-state index contributed by atoms with van der Waals surface area (Å²) in [7, 11) is 0. The molecule has 92 valence electrons. The molecule has 0 saturated carbocycles. The summed E-state index contributed by atoms with van der Waals surface area (Å²) in [6.45, 7) is 12.9. The maximum absolute atomic E-state index is 4.79. The summed E-state index contributed by atoms with van der Waals surface area (Å²) in [6, 6.07) is 4.60. The van der Waals surface area contributed by atoms with E-state index >= 15 is 0 Å². The number of aromatic nitrogens is 3. The molecule has 0 bridgehead atoms. The summed E-state index contributed by atoms with van der Waals surface area (Å²) in [5, 5.41) is 5.73. The van der Waals surface area contributed by atoms with Crippen molar-refractivity contribution in [3.05, 3.63) is 23.5 Å². The average molecular weight is 231 g/mol. The first-order valence-electron chi connectivity index (χ1n) is 6.17. The van der Waals surface area contributed by atoms with Crippen molar-refractivity contribution >= 4 is 11.0 Å². The van der Waals surface area contributed by atoms with E-state index in [1.165, 1.54) is 0 Å². The van der Waals surface area contributed by atoms with Crippen molar-refractivity contribution in [2.75, 3.05) is 0 Å². The van der Waals surface area contributed by atoms with Gasteiger partial charge in [0.1, 0.15) is 0 Å². The SMILES string of the molecule is Cc1nn(C(C)C)c2nc(C(C)(C)C)ccc12. The van der Waals surface area contributed by atoms with Crippen molar-refractivity contribution in [1.82, 2.24) is 14.8 Å². The summed E-state index contributed by atoms with van der Waals surface area (Å²) in [5.74, 6) is 0. The molecule has 0 aliphatic rings. The largest absolute Gasteiger partial charge is 0.245 e. The van der Waals surface area contributed by atoms with E-state index in [1.54, 1.807) is 0 Å². The van der Waals surface area contributed by atoms with Crippen molar-refractivity contribution in [1.29, 1.82) is 0 Å². The Kier molecular flexibility index (Phi) is 2.72. The first-order chi connectivity index (χ1) is 7.80. The van der Waals surface area contributed by atoms with E-state index in [2.05, 4.69) is 51.9 Å². The van der Waals surface area contributed by atoms with E-state index in [0.717, 1.165) is 22.4 Å². The minimum absolute atomic E-state index is 0.0776. The number of aryl methyl sites for hydroxylation is 1. The van der Waals surface area contributed by atoms with Crippen LogP contribution >= 0.6 is 0 Å². The van der Waals surface area contributed by atoms with Gasteiger partial charge in [-0.3, -0.25) is 0 Å². The number of nitrogens with zero attached hydrogens (tertiary/aromatic N) is 3. The van der Waals surface area contributed by atoms with Gasteiger partial charge in [-0.1, -0.05) is 20.8 Å². The maximum Gasteiger partial charge on any atom is 0.158 e. The summed E-state index contributed by atoms with van der Waals surface area (Å²) < 4.78 is 2.01. The molecule has 0 atom stereocenters. The predicted molar refractivity (Wildman–Crippen MR) is 71.4 cm³/mol. The van der Waals surface area contributed by atoms with Crippen LogP contribution in [-0.4, -0.2) is 14.8 Å². The third-order valence-electron chi connectivity index (χ3n) is 3.00. The van der Waals surface area contributed by atoms with Gasteiger partial charge in [-0.25, -0.2) is 9.67 Å². The lowest BCUT2D eigenvalue weighted by molar-refractivity contribution is 0.534. The molecule has 0 aliphatic carbocycles. The average Bonchev–Trinajstić information content (AvgIpc) is 2.54. The number of pyridine rings is 1. The second-order valence-electron chi connectivity index (χ2n) is 5.94. The molecule has 0 radical (unpaired) electrons. The Morgan fingerprint density at radius 1 is 1.18 bits per heavy atom. The van der Waals surface area contributed by atoms with Crippen LogP contribution in [0.25, 0.3) is 11.0 Å². The third-order valence-corrected chi connectivity index (χ3v) is 3.00. The lowest BCUT2D eigenvalue weighted by Crippen LogP contribution is -2.14. The Morgan fingerprint density at radius 2 is 1.82 bits per heavy atom. The molecule has 0 saturated heterocycles. The lowest BCUT2D eigenvalue weighted by atomic mass is 9.91. The highest BCUT2D eigenvalue weighted by Gasteiger charge is 2.18. The molecule has 0 N–H and O–H groups in total. The summed E-state index contributed by atoms with van der Waals surface area (Å²) in [5.41, 5.74) is 3.26. The molecule has 2 heterocycles. The highest BCUT2D eigenvalue weighted by atomic mass is 15.3. The van der Waals surface area contributed by atoms with Crippen molar-refractivity contribution in [3.63, 3.8) is 0 Å². The Labute approximate surface area is 103 Å². The molecule has 0 amide bonds. The van der Waals surface area contributed by atoms with Crippen LogP contribution in [0.1, 0.15) is 52.0 Å². The Bertz CT molecular complexity index is 544. The fraction of sp³-hybridized carbons (Fsp3) is 0.571. The Morgan fingerprint density at radius 3 is 2.35 bits per heavy atom. The smallest absolute Gasteiger partial charge is 0.158 e. The van der Waals surface area contributed by atoms with Gasteiger partial charge in [-0.15, -0.1) is 0 Å². The second-order valence-corrected chi connectivity index (χ2v) is 5.94. The topological polar surface area (TPSA) is 30.7 Å². The molecule has 3 heteroatoms. The normalized spacial score (nSPS) is 12.6. The zero-order valence-electron chi connectivity index (χ0n) is 11.6. The molecule has 0 aromatic carbocycles. The molecule has 3 nitrogen and oxygen atoms in total. The molecule has 0 fully saturated rings. The van der Waals surface area contributed by atoms with E-state index < -0.39 is 0 Å². The number of fused-ring (bicyclic) bond motifs is 1. The van der Waals surface area contributed by atoms with Gasteiger partial charge in [0.05, 0.1) is 5.69 Å². The Balaban J connectivity index is 2.71. The highest BCUT2D eigenvalue weighted by Crippen LogP contribution is 2.25. The highest BCUT2D eigenvalue weighted by molar-refractivity contribution is 5.78. The molecular formula is C14H21N3. The number of hydrogen-bond acceptors (Lipinski definition) is 2. The van der Waals surface area contributed by atoms with Crippen LogP contribution in [0.15, 0.2) is 12.1 Å². The maximum atomic E-state index is 4.79. The molecule has 0 aliphatic heterocycles. The molecular weight excluding hydrogens is 210 g/mol. The van der Waals surface area contributed by atoms with Crippen molar-refractivity contribution in [2.24, 2.45) is 0 Å². The van der Waals surface area contributed by atoms with Crippen LogP contribution in [0.2, 0.25) is 0 Å². The molecule has 0 spiro atoms.